The highest BCUT2D eigenvalue weighted by atomic mass is 19.1. The van der Waals surface area contributed by atoms with Gasteiger partial charge in [-0.2, -0.15) is 0 Å². The molecule has 0 saturated heterocycles. The van der Waals surface area contributed by atoms with Gasteiger partial charge in [-0.1, -0.05) is 30.3 Å². The van der Waals surface area contributed by atoms with Crippen molar-refractivity contribution in [2.75, 3.05) is 10.6 Å². The number of rotatable bonds is 5. The summed E-state index contributed by atoms with van der Waals surface area (Å²) in [4.78, 5) is 29.8. The van der Waals surface area contributed by atoms with Gasteiger partial charge in [0.25, 0.3) is 11.8 Å². The van der Waals surface area contributed by atoms with Crippen molar-refractivity contribution in [1.29, 1.82) is 0 Å². The number of halogens is 1. The largest absolute Gasteiger partial charge is 0.322 e. The Balaban J connectivity index is 1.32. The average molecular weight is 465 g/mol. The van der Waals surface area contributed by atoms with E-state index in [4.69, 9.17) is 0 Å². The summed E-state index contributed by atoms with van der Waals surface area (Å²) in [6, 6.07) is 26.0. The van der Waals surface area contributed by atoms with Gasteiger partial charge in [-0.15, -0.1) is 0 Å². The van der Waals surface area contributed by atoms with Gasteiger partial charge in [0.2, 0.25) is 0 Å². The second-order valence-electron chi connectivity index (χ2n) is 8.07. The van der Waals surface area contributed by atoms with Crippen LogP contribution in [0.2, 0.25) is 0 Å². The maximum absolute atomic E-state index is 14.0. The smallest absolute Gasteiger partial charge is 0.258 e. The SMILES string of the molecule is Cc1ccc(C(=O)Nc2ccc(-n3cnc4ccccc43)cc2)cc1NC(=O)c1ccccc1F. The van der Waals surface area contributed by atoms with Crippen molar-refractivity contribution in [3.8, 4) is 5.69 Å². The van der Waals surface area contributed by atoms with E-state index in [1.54, 1.807) is 37.5 Å². The van der Waals surface area contributed by atoms with Gasteiger partial charge in [0, 0.05) is 22.6 Å². The number of benzene rings is 4. The Hall–Kier alpha value is -4.78. The summed E-state index contributed by atoms with van der Waals surface area (Å²) in [5, 5.41) is 5.57. The maximum atomic E-state index is 14.0. The molecule has 5 aromatic rings. The molecule has 0 spiro atoms. The van der Waals surface area contributed by atoms with Crippen LogP contribution < -0.4 is 10.6 Å². The minimum absolute atomic E-state index is 0.0625. The van der Waals surface area contributed by atoms with E-state index < -0.39 is 11.7 Å². The zero-order valence-corrected chi connectivity index (χ0v) is 18.8. The van der Waals surface area contributed by atoms with Crippen molar-refractivity contribution >= 4 is 34.2 Å². The Morgan fingerprint density at radius 3 is 2.37 bits per heavy atom. The highest BCUT2D eigenvalue weighted by molar-refractivity contribution is 6.08. The Bertz CT molecular complexity index is 1560. The second kappa shape index (κ2) is 9.23. The van der Waals surface area contributed by atoms with E-state index in [2.05, 4.69) is 15.6 Å². The molecule has 7 heteroatoms. The van der Waals surface area contributed by atoms with Crippen molar-refractivity contribution in [3.63, 3.8) is 0 Å². The highest BCUT2D eigenvalue weighted by Gasteiger charge is 2.14. The number of carbonyl (C=O) groups excluding carboxylic acids is 2. The zero-order valence-electron chi connectivity index (χ0n) is 18.8. The van der Waals surface area contributed by atoms with Crippen LogP contribution in [-0.2, 0) is 0 Å². The van der Waals surface area contributed by atoms with E-state index in [9.17, 15) is 14.0 Å². The molecule has 2 N–H and O–H groups in total. The topological polar surface area (TPSA) is 76.0 Å². The minimum atomic E-state index is -0.608. The number of fused-ring (bicyclic) bond motifs is 1. The van der Waals surface area contributed by atoms with Crippen LogP contribution in [0.4, 0.5) is 15.8 Å². The van der Waals surface area contributed by atoms with Crippen LogP contribution in [0.15, 0.2) is 97.3 Å². The lowest BCUT2D eigenvalue weighted by molar-refractivity contribution is 0.101. The molecule has 1 aromatic heterocycles. The molecule has 0 saturated carbocycles. The molecule has 6 nitrogen and oxygen atoms in total. The molecule has 1 heterocycles. The quantitative estimate of drug-likeness (QED) is 0.336. The van der Waals surface area contributed by atoms with Crippen LogP contribution >= 0.6 is 0 Å². The number of nitrogens with one attached hydrogen (secondary N) is 2. The van der Waals surface area contributed by atoms with E-state index in [-0.39, 0.29) is 11.5 Å². The second-order valence-corrected chi connectivity index (χ2v) is 8.07. The number of hydrogen-bond acceptors (Lipinski definition) is 3. The monoisotopic (exact) mass is 464 g/mol. The van der Waals surface area contributed by atoms with Gasteiger partial charge < -0.3 is 10.6 Å². The first-order valence-electron chi connectivity index (χ1n) is 11.0. The standard InChI is InChI=1S/C28H21FN4O2/c1-18-10-11-19(16-25(18)32-28(35)22-6-2-3-7-23(22)29)27(34)31-20-12-14-21(15-13-20)33-17-30-24-8-4-5-9-26(24)33/h2-17H,1H3,(H,31,34)(H,32,35). The number of amides is 2. The van der Waals surface area contributed by atoms with Crippen molar-refractivity contribution in [2.45, 2.75) is 6.92 Å². The molecule has 0 unspecified atom stereocenters. The highest BCUT2D eigenvalue weighted by Crippen LogP contribution is 2.22. The summed E-state index contributed by atoms with van der Waals surface area (Å²) in [6.07, 6.45) is 1.77. The van der Waals surface area contributed by atoms with Crippen LogP contribution in [0.3, 0.4) is 0 Å². The van der Waals surface area contributed by atoms with Crippen LogP contribution in [-0.4, -0.2) is 21.4 Å². The lowest BCUT2D eigenvalue weighted by atomic mass is 10.1. The van der Waals surface area contributed by atoms with Gasteiger partial charge in [-0.3, -0.25) is 14.2 Å². The number of carbonyl (C=O) groups is 2. The molecule has 172 valence electrons. The molecule has 4 aromatic carbocycles. The van der Waals surface area contributed by atoms with E-state index in [0.717, 1.165) is 22.3 Å². The molecule has 0 atom stereocenters. The predicted octanol–water partition coefficient (Wildman–Crippen LogP) is 5.98. The van der Waals surface area contributed by atoms with Gasteiger partial charge in [0.05, 0.1) is 16.6 Å². The fourth-order valence-corrected chi connectivity index (χ4v) is 3.81. The molecule has 2 amide bonds. The first-order chi connectivity index (χ1) is 17.0. The number of aromatic nitrogens is 2. The molecule has 5 rings (SSSR count). The Kier molecular flexibility index (Phi) is 5.81. The van der Waals surface area contributed by atoms with Crippen LogP contribution in [0, 0.1) is 12.7 Å². The molecule has 0 bridgehead atoms. The third kappa shape index (κ3) is 4.52. The number of imidazole rings is 1. The number of para-hydroxylation sites is 2. The third-order valence-electron chi connectivity index (χ3n) is 5.72. The van der Waals surface area contributed by atoms with Crippen molar-refractivity contribution in [2.24, 2.45) is 0 Å². The molecule has 0 aliphatic rings. The number of nitrogens with zero attached hydrogens (tertiary/aromatic N) is 2. The Morgan fingerprint density at radius 2 is 1.57 bits per heavy atom. The summed E-state index contributed by atoms with van der Waals surface area (Å²) < 4.78 is 15.9. The summed E-state index contributed by atoms with van der Waals surface area (Å²) in [7, 11) is 0. The fraction of sp³-hybridized carbons (Fsp3) is 0.0357. The lowest BCUT2D eigenvalue weighted by Crippen LogP contribution is -2.16. The number of anilines is 2. The minimum Gasteiger partial charge on any atom is -0.322 e. The Labute approximate surface area is 201 Å². The average Bonchev–Trinajstić information content (AvgIpc) is 3.30. The summed E-state index contributed by atoms with van der Waals surface area (Å²) in [5.74, 6) is -1.51. The third-order valence-corrected chi connectivity index (χ3v) is 5.72. The number of hydrogen-bond donors (Lipinski definition) is 2. The zero-order chi connectivity index (χ0) is 24.4. The van der Waals surface area contributed by atoms with Crippen LogP contribution in [0.25, 0.3) is 16.7 Å². The first kappa shape index (κ1) is 22.0. The van der Waals surface area contributed by atoms with Gasteiger partial charge in [-0.25, -0.2) is 9.37 Å². The van der Waals surface area contributed by atoms with E-state index in [1.807, 2.05) is 53.1 Å². The summed E-state index contributed by atoms with van der Waals surface area (Å²) in [6.45, 7) is 1.80. The fourth-order valence-electron chi connectivity index (χ4n) is 3.81. The van der Waals surface area contributed by atoms with Crippen molar-refractivity contribution < 1.29 is 14.0 Å². The van der Waals surface area contributed by atoms with E-state index in [1.165, 1.54) is 18.2 Å². The van der Waals surface area contributed by atoms with Gasteiger partial charge in [0.1, 0.15) is 12.1 Å². The molecular formula is C28H21FN4O2. The molecule has 0 fully saturated rings. The molecule has 35 heavy (non-hydrogen) atoms. The predicted molar refractivity (Wildman–Crippen MR) is 135 cm³/mol. The first-order valence-corrected chi connectivity index (χ1v) is 11.0. The summed E-state index contributed by atoms with van der Waals surface area (Å²) in [5.41, 5.74) is 4.94. The van der Waals surface area contributed by atoms with Gasteiger partial charge in [-0.05, 0) is 73.2 Å². The maximum Gasteiger partial charge on any atom is 0.258 e. The van der Waals surface area contributed by atoms with Gasteiger partial charge in [0.15, 0.2) is 0 Å². The molecule has 0 radical (unpaired) electrons. The van der Waals surface area contributed by atoms with Gasteiger partial charge >= 0.3 is 0 Å². The van der Waals surface area contributed by atoms with Crippen LogP contribution in [0.1, 0.15) is 26.3 Å². The molecule has 0 aliphatic carbocycles. The van der Waals surface area contributed by atoms with Crippen molar-refractivity contribution in [1.82, 2.24) is 9.55 Å². The Morgan fingerprint density at radius 1 is 0.829 bits per heavy atom. The van der Waals surface area contributed by atoms with Crippen LogP contribution in [0.5, 0.6) is 0 Å². The van der Waals surface area contributed by atoms with E-state index in [0.29, 0.717) is 16.9 Å². The summed E-state index contributed by atoms with van der Waals surface area (Å²) >= 11 is 0. The molecular weight excluding hydrogens is 443 g/mol. The lowest BCUT2D eigenvalue weighted by Gasteiger charge is -2.12. The number of aryl methyl sites for hydroxylation is 1. The van der Waals surface area contributed by atoms with E-state index >= 15 is 0 Å². The van der Waals surface area contributed by atoms with Crippen molar-refractivity contribution in [3.05, 3.63) is 120 Å². The molecule has 0 aliphatic heterocycles. The normalized spacial score (nSPS) is 10.8.